The van der Waals surface area contributed by atoms with Crippen LogP contribution in [0.1, 0.15) is 5.76 Å². The van der Waals surface area contributed by atoms with Gasteiger partial charge in [-0.1, -0.05) is 6.07 Å². The Labute approximate surface area is 190 Å². The average Bonchev–Trinajstić information content (AvgIpc) is 3.48. The lowest BCUT2D eigenvalue weighted by atomic mass is 10.1. The van der Waals surface area contributed by atoms with Gasteiger partial charge in [0.2, 0.25) is 11.3 Å². The lowest BCUT2D eigenvalue weighted by molar-refractivity contribution is 0.314. The Morgan fingerprint density at radius 1 is 0.794 bits per heavy atom. The molecule has 172 valence electrons. The second-order valence-electron chi connectivity index (χ2n) is 7.08. The van der Waals surface area contributed by atoms with Gasteiger partial charge in [0.1, 0.15) is 11.5 Å². The molecule has 0 saturated heterocycles. The fraction of sp³-hybridized carbons (Fsp3) is 0.0476. The van der Waals surface area contributed by atoms with Crippen molar-refractivity contribution in [3.63, 3.8) is 0 Å². The van der Waals surface area contributed by atoms with E-state index in [1.807, 2.05) is 0 Å². The molecule has 0 aliphatic rings. The predicted octanol–water partition coefficient (Wildman–Crippen LogP) is 2.96. The summed E-state index contributed by atoms with van der Waals surface area (Å²) in [6.45, 7) is 0.234. The van der Waals surface area contributed by atoms with E-state index in [1.165, 1.54) is 18.2 Å². The Morgan fingerprint density at radius 3 is 2.38 bits per heavy atom. The quantitative estimate of drug-likeness (QED) is 0.138. The number of aromatic nitrogens is 4. The van der Waals surface area contributed by atoms with Gasteiger partial charge in [-0.15, -0.1) is 0 Å². The number of hydrogen-bond acceptors (Lipinski definition) is 13. The van der Waals surface area contributed by atoms with Crippen molar-refractivity contribution in [1.82, 2.24) is 25.7 Å². The summed E-state index contributed by atoms with van der Waals surface area (Å²) in [5.41, 5.74) is 6.93. The summed E-state index contributed by atoms with van der Waals surface area (Å²) in [5.74, 6) is 0.332. The van der Waals surface area contributed by atoms with Gasteiger partial charge in [-0.25, -0.2) is 15.0 Å². The molecule has 2 aromatic carbocycles. The molecule has 3 aromatic heterocycles. The smallest absolute Gasteiger partial charge is 0.245 e. The summed E-state index contributed by atoms with van der Waals surface area (Å²) in [7, 11) is 0. The van der Waals surface area contributed by atoms with E-state index in [2.05, 4.69) is 41.1 Å². The second kappa shape index (κ2) is 8.48. The number of hydrazine groups is 1. The van der Waals surface area contributed by atoms with Gasteiger partial charge < -0.3 is 35.6 Å². The van der Waals surface area contributed by atoms with Crippen LogP contribution >= 0.6 is 0 Å². The van der Waals surface area contributed by atoms with Crippen LogP contribution in [0.25, 0.3) is 22.6 Å². The van der Waals surface area contributed by atoms with Crippen molar-refractivity contribution in [3.8, 4) is 34.3 Å². The molecular weight excluding hydrogens is 446 g/mol. The first-order valence-electron chi connectivity index (χ1n) is 9.86. The van der Waals surface area contributed by atoms with Gasteiger partial charge in [-0.3, -0.25) is 0 Å². The molecular formula is C21H17N7O6. The Kier molecular flexibility index (Phi) is 5.20. The van der Waals surface area contributed by atoms with Crippen LogP contribution in [0.3, 0.4) is 0 Å². The number of benzene rings is 2. The molecule has 0 aliphatic heterocycles. The van der Waals surface area contributed by atoms with Gasteiger partial charge >= 0.3 is 0 Å². The van der Waals surface area contributed by atoms with Crippen molar-refractivity contribution < 1.29 is 29.5 Å². The summed E-state index contributed by atoms with van der Waals surface area (Å²) < 4.78 is 10.4. The summed E-state index contributed by atoms with van der Waals surface area (Å²) in [5, 5.41) is 49.2. The van der Waals surface area contributed by atoms with E-state index < -0.39 is 0 Å². The highest BCUT2D eigenvalue weighted by Gasteiger charge is 2.16. The highest BCUT2D eigenvalue weighted by atomic mass is 16.6. The van der Waals surface area contributed by atoms with Crippen molar-refractivity contribution in [2.45, 2.75) is 6.54 Å². The van der Waals surface area contributed by atoms with Crippen LogP contribution in [-0.2, 0) is 6.54 Å². The third kappa shape index (κ3) is 4.05. The van der Waals surface area contributed by atoms with Crippen LogP contribution < -0.4 is 16.2 Å². The lowest BCUT2D eigenvalue weighted by Gasteiger charge is -2.13. The number of phenols is 4. The van der Waals surface area contributed by atoms with Crippen LogP contribution in [0.4, 0.5) is 17.3 Å². The Morgan fingerprint density at radius 2 is 1.59 bits per heavy atom. The molecule has 0 spiro atoms. The Hall–Kier alpha value is -5.04. The van der Waals surface area contributed by atoms with E-state index in [-0.39, 0.29) is 58.2 Å². The van der Waals surface area contributed by atoms with Crippen molar-refractivity contribution in [2.75, 3.05) is 10.7 Å². The molecule has 13 heteroatoms. The van der Waals surface area contributed by atoms with Gasteiger partial charge in [0.15, 0.2) is 34.6 Å². The standard InChI is InChI=1S/C21H17N7O6/c29-13-6-4-10(8-15(13)31)16-7-5-11(33-16)9-22-26-19-18(24-20-21(25-19)28-34-27-20)23-12-2-1-3-14(30)17(12)32/h1-8,22,29-32H,9H2,(H,23,24,27)(H,25,26,28). The van der Waals surface area contributed by atoms with Crippen molar-refractivity contribution in [2.24, 2.45) is 0 Å². The maximum atomic E-state index is 10.1. The monoisotopic (exact) mass is 463 g/mol. The van der Waals surface area contributed by atoms with Crippen molar-refractivity contribution >= 4 is 28.6 Å². The van der Waals surface area contributed by atoms with Gasteiger partial charge in [0.05, 0.1) is 12.2 Å². The maximum absolute atomic E-state index is 10.1. The molecule has 0 saturated carbocycles. The maximum Gasteiger partial charge on any atom is 0.245 e. The van der Waals surface area contributed by atoms with Gasteiger partial charge in [-0.05, 0) is 52.8 Å². The molecule has 0 radical (unpaired) electrons. The molecule has 0 unspecified atom stereocenters. The molecule has 0 atom stereocenters. The summed E-state index contributed by atoms with van der Waals surface area (Å²) in [6.07, 6.45) is 0. The third-order valence-corrected chi connectivity index (χ3v) is 4.77. The van der Waals surface area contributed by atoms with Crippen LogP contribution in [0, 0.1) is 0 Å². The summed E-state index contributed by atoms with van der Waals surface area (Å²) >= 11 is 0. The molecule has 0 amide bonds. The third-order valence-electron chi connectivity index (χ3n) is 4.77. The van der Waals surface area contributed by atoms with Crippen LogP contribution in [0.15, 0.2) is 57.6 Å². The van der Waals surface area contributed by atoms with Gasteiger partial charge in [-0.2, -0.15) is 4.98 Å². The molecule has 5 aromatic rings. The normalized spacial score (nSPS) is 11.1. The fourth-order valence-electron chi connectivity index (χ4n) is 3.09. The number of rotatable bonds is 7. The highest BCUT2D eigenvalue weighted by Crippen LogP contribution is 2.35. The summed E-state index contributed by atoms with van der Waals surface area (Å²) in [4.78, 5) is 8.58. The number of aromatic hydroxyl groups is 4. The molecule has 7 N–H and O–H groups in total. The van der Waals surface area contributed by atoms with E-state index in [0.29, 0.717) is 17.1 Å². The van der Waals surface area contributed by atoms with Gasteiger partial charge in [0, 0.05) is 5.56 Å². The first kappa shape index (κ1) is 20.8. The van der Waals surface area contributed by atoms with E-state index in [1.54, 1.807) is 30.3 Å². The number of hydrogen-bond donors (Lipinski definition) is 7. The number of anilines is 3. The van der Waals surface area contributed by atoms with Crippen molar-refractivity contribution in [3.05, 3.63) is 54.3 Å². The van der Waals surface area contributed by atoms with Crippen LogP contribution in [0.5, 0.6) is 23.0 Å². The largest absolute Gasteiger partial charge is 0.504 e. The zero-order chi connectivity index (χ0) is 23.7. The highest BCUT2D eigenvalue weighted by molar-refractivity contribution is 5.78. The zero-order valence-corrected chi connectivity index (χ0v) is 17.2. The fourth-order valence-corrected chi connectivity index (χ4v) is 3.09. The molecule has 3 heterocycles. The summed E-state index contributed by atoms with van der Waals surface area (Å²) in [6, 6.07) is 12.3. The van der Waals surface area contributed by atoms with E-state index in [0.717, 1.165) is 0 Å². The van der Waals surface area contributed by atoms with E-state index in [9.17, 15) is 20.4 Å². The zero-order valence-electron chi connectivity index (χ0n) is 17.2. The molecule has 0 aliphatic carbocycles. The number of nitrogens with one attached hydrogen (secondary N) is 3. The van der Waals surface area contributed by atoms with Crippen LogP contribution in [0.2, 0.25) is 0 Å². The van der Waals surface area contributed by atoms with E-state index >= 15 is 0 Å². The first-order valence-corrected chi connectivity index (χ1v) is 9.86. The Bertz CT molecular complexity index is 1480. The number of para-hydroxylation sites is 1. The number of phenolic OH excluding ortho intramolecular Hbond substituents is 4. The molecule has 0 fully saturated rings. The minimum atomic E-state index is -0.357. The topological polar surface area (TPSA) is 195 Å². The van der Waals surface area contributed by atoms with Crippen LogP contribution in [-0.4, -0.2) is 40.7 Å². The number of fused-ring (bicyclic) bond motifs is 1. The van der Waals surface area contributed by atoms with E-state index in [4.69, 9.17) is 4.42 Å². The first-order chi connectivity index (χ1) is 16.5. The number of furan rings is 1. The minimum Gasteiger partial charge on any atom is -0.504 e. The predicted molar refractivity (Wildman–Crippen MR) is 118 cm³/mol. The second-order valence-corrected chi connectivity index (χ2v) is 7.08. The molecule has 34 heavy (non-hydrogen) atoms. The number of nitrogens with zero attached hydrogens (tertiary/aromatic N) is 4. The minimum absolute atomic E-state index is 0.139. The van der Waals surface area contributed by atoms with Crippen molar-refractivity contribution in [1.29, 1.82) is 0 Å². The average molecular weight is 463 g/mol. The molecule has 0 bridgehead atoms. The lowest BCUT2D eigenvalue weighted by Crippen LogP contribution is -2.22. The Balaban J connectivity index is 1.33. The molecule has 5 rings (SSSR count). The molecule has 13 nitrogen and oxygen atoms in total. The SMILES string of the molecule is Oc1ccc(-c2ccc(CNNc3nc4nonc4nc3Nc3cccc(O)c3O)o2)cc1O. The van der Waals surface area contributed by atoms with Gasteiger partial charge in [0.25, 0.3) is 0 Å².